The molecule has 6 nitrogen and oxygen atoms in total. The van der Waals surface area contributed by atoms with Gasteiger partial charge in [-0.1, -0.05) is 6.07 Å². The van der Waals surface area contributed by atoms with Gasteiger partial charge in [0.15, 0.2) is 17.2 Å². The molecule has 0 spiro atoms. The van der Waals surface area contributed by atoms with Gasteiger partial charge in [0.25, 0.3) is 0 Å². The summed E-state index contributed by atoms with van der Waals surface area (Å²) in [6, 6.07) is 5.51. The van der Waals surface area contributed by atoms with Crippen LogP contribution < -0.4 is 9.47 Å². The Kier molecular flexibility index (Phi) is 5.95. The van der Waals surface area contributed by atoms with Crippen molar-refractivity contribution in [3.05, 3.63) is 29.3 Å². The number of methoxy groups -OCH3 is 1. The van der Waals surface area contributed by atoms with Gasteiger partial charge in [0, 0.05) is 11.9 Å². The molecule has 7 heteroatoms. The summed E-state index contributed by atoms with van der Waals surface area (Å²) in [5.74, 6) is 0.170. The fourth-order valence-electron chi connectivity index (χ4n) is 2.04. The highest BCUT2D eigenvalue weighted by Gasteiger charge is 2.17. The van der Waals surface area contributed by atoms with Gasteiger partial charge in [0.05, 0.1) is 19.3 Å². The van der Waals surface area contributed by atoms with Crippen LogP contribution in [-0.2, 0) is 0 Å². The number of aromatic carboxylic acids is 1. The Hall–Kier alpha value is -2.12. The maximum Gasteiger partial charge on any atom is 0.355 e. The van der Waals surface area contributed by atoms with Crippen molar-refractivity contribution in [1.82, 2.24) is 9.88 Å². The molecule has 0 fully saturated rings. The van der Waals surface area contributed by atoms with Crippen molar-refractivity contribution in [2.45, 2.75) is 6.42 Å². The Balaban J connectivity index is 2.25. The van der Waals surface area contributed by atoms with Crippen LogP contribution in [0.1, 0.15) is 16.9 Å². The number of rotatable bonds is 8. The first-order valence-electron chi connectivity index (χ1n) is 7.16. The Morgan fingerprint density at radius 2 is 2.17 bits per heavy atom. The molecule has 0 saturated heterocycles. The predicted octanol–water partition coefficient (Wildman–Crippen LogP) is 2.85. The Bertz CT molecular complexity index is 670. The lowest BCUT2D eigenvalue weighted by Gasteiger charge is -2.15. The highest BCUT2D eigenvalue weighted by Crippen LogP contribution is 2.39. The summed E-state index contributed by atoms with van der Waals surface area (Å²) in [6.45, 7) is 1.47. The summed E-state index contributed by atoms with van der Waals surface area (Å²) in [5, 5.41) is 11.1. The molecule has 124 valence electrons. The number of carboxylic acid groups (broad SMARTS) is 1. The molecular formula is C16H20N2O4S. The van der Waals surface area contributed by atoms with Gasteiger partial charge in [-0.05, 0) is 32.6 Å². The van der Waals surface area contributed by atoms with Gasteiger partial charge in [-0.25, -0.2) is 9.78 Å². The van der Waals surface area contributed by atoms with Gasteiger partial charge >= 0.3 is 5.97 Å². The lowest BCUT2D eigenvalue weighted by molar-refractivity contribution is 0.0691. The van der Waals surface area contributed by atoms with Gasteiger partial charge in [0.2, 0.25) is 0 Å². The van der Waals surface area contributed by atoms with Crippen LogP contribution >= 0.6 is 11.3 Å². The van der Waals surface area contributed by atoms with E-state index in [4.69, 9.17) is 14.6 Å². The zero-order valence-corrected chi connectivity index (χ0v) is 14.2. The molecule has 0 atom stereocenters. The zero-order valence-electron chi connectivity index (χ0n) is 13.4. The second-order valence-corrected chi connectivity index (χ2v) is 6.04. The summed E-state index contributed by atoms with van der Waals surface area (Å²) >= 11 is 1.27. The number of nitrogens with zero attached hydrogens (tertiary/aromatic N) is 2. The van der Waals surface area contributed by atoms with Crippen molar-refractivity contribution < 1.29 is 19.4 Å². The summed E-state index contributed by atoms with van der Waals surface area (Å²) in [7, 11) is 5.60. The van der Waals surface area contributed by atoms with Crippen LogP contribution in [0.3, 0.4) is 0 Å². The first kappa shape index (κ1) is 17.2. The van der Waals surface area contributed by atoms with Crippen LogP contribution in [0.4, 0.5) is 0 Å². The highest BCUT2D eigenvalue weighted by atomic mass is 32.1. The van der Waals surface area contributed by atoms with E-state index in [1.807, 2.05) is 32.3 Å². The SMILES string of the molecule is COc1cccc(-c2nc(C(=O)O)cs2)c1OCCCN(C)C. The molecule has 1 N–H and O–H groups in total. The molecule has 2 rings (SSSR count). The van der Waals surface area contributed by atoms with E-state index < -0.39 is 5.97 Å². The number of para-hydroxylation sites is 1. The van der Waals surface area contributed by atoms with E-state index in [1.54, 1.807) is 7.11 Å². The summed E-state index contributed by atoms with van der Waals surface area (Å²) < 4.78 is 11.3. The van der Waals surface area contributed by atoms with E-state index >= 15 is 0 Å². The molecule has 0 aliphatic heterocycles. The van der Waals surface area contributed by atoms with Crippen LogP contribution in [-0.4, -0.2) is 55.3 Å². The van der Waals surface area contributed by atoms with Crippen LogP contribution in [0, 0.1) is 0 Å². The first-order chi connectivity index (χ1) is 11.0. The van der Waals surface area contributed by atoms with Gasteiger partial charge in [-0.15, -0.1) is 11.3 Å². The molecule has 0 radical (unpaired) electrons. The Morgan fingerprint density at radius 1 is 1.39 bits per heavy atom. The average Bonchev–Trinajstić information content (AvgIpc) is 3.01. The zero-order chi connectivity index (χ0) is 16.8. The van der Waals surface area contributed by atoms with E-state index in [2.05, 4.69) is 9.88 Å². The number of aromatic nitrogens is 1. The van der Waals surface area contributed by atoms with Crippen molar-refractivity contribution >= 4 is 17.3 Å². The van der Waals surface area contributed by atoms with Crippen molar-refractivity contribution in [2.24, 2.45) is 0 Å². The Morgan fingerprint density at radius 3 is 2.78 bits per heavy atom. The first-order valence-corrected chi connectivity index (χ1v) is 8.04. The van der Waals surface area contributed by atoms with Crippen LogP contribution in [0.15, 0.2) is 23.6 Å². The number of benzene rings is 1. The van der Waals surface area contributed by atoms with Gasteiger partial charge in [0.1, 0.15) is 5.01 Å². The van der Waals surface area contributed by atoms with Crippen LogP contribution in [0.5, 0.6) is 11.5 Å². The summed E-state index contributed by atoms with van der Waals surface area (Å²) in [5.41, 5.74) is 0.776. The highest BCUT2D eigenvalue weighted by molar-refractivity contribution is 7.13. The van der Waals surface area contributed by atoms with E-state index in [-0.39, 0.29) is 5.69 Å². The third-order valence-electron chi connectivity index (χ3n) is 3.15. The van der Waals surface area contributed by atoms with Crippen LogP contribution in [0.2, 0.25) is 0 Å². The largest absolute Gasteiger partial charge is 0.493 e. The molecule has 0 bridgehead atoms. The smallest absolute Gasteiger partial charge is 0.355 e. The normalized spacial score (nSPS) is 10.8. The molecular weight excluding hydrogens is 316 g/mol. The fraction of sp³-hybridized carbons (Fsp3) is 0.375. The molecule has 1 aromatic heterocycles. The van der Waals surface area contributed by atoms with E-state index in [9.17, 15) is 4.79 Å². The lowest BCUT2D eigenvalue weighted by Crippen LogP contribution is -2.15. The maximum atomic E-state index is 11.0. The number of hydrogen-bond donors (Lipinski definition) is 1. The molecule has 23 heavy (non-hydrogen) atoms. The van der Waals surface area contributed by atoms with Crippen LogP contribution in [0.25, 0.3) is 10.6 Å². The third-order valence-corrected chi connectivity index (χ3v) is 4.02. The standard InChI is InChI=1S/C16H20N2O4S/c1-18(2)8-5-9-22-14-11(6-4-7-13(14)21-3)15-17-12(10-23-15)16(19)20/h4,6-7,10H,5,8-9H2,1-3H3,(H,19,20). The van der Waals surface area contributed by atoms with Crippen molar-refractivity contribution in [3.8, 4) is 22.1 Å². The molecule has 0 unspecified atom stereocenters. The van der Waals surface area contributed by atoms with Gasteiger partial charge in [-0.2, -0.15) is 0 Å². The molecule has 0 aliphatic carbocycles. The quantitative estimate of drug-likeness (QED) is 0.748. The fourth-order valence-corrected chi connectivity index (χ4v) is 2.86. The molecule has 1 aromatic carbocycles. The minimum Gasteiger partial charge on any atom is -0.493 e. The second kappa shape index (κ2) is 7.94. The van der Waals surface area contributed by atoms with Gasteiger partial charge in [-0.3, -0.25) is 0 Å². The molecule has 1 heterocycles. The second-order valence-electron chi connectivity index (χ2n) is 5.19. The molecule has 2 aromatic rings. The number of hydrogen-bond acceptors (Lipinski definition) is 6. The maximum absolute atomic E-state index is 11.0. The minimum absolute atomic E-state index is 0.0337. The van der Waals surface area contributed by atoms with E-state index in [0.717, 1.165) is 18.5 Å². The van der Waals surface area contributed by atoms with Crippen molar-refractivity contribution in [3.63, 3.8) is 0 Å². The summed E-state index contributed by atoms with van der Waals surface area (Å²) in [4.78, 5) is 17.2. The minimum atomic E-state index is -1.04. The van der Waals surface area contributed by atoms with E-state index in [0.29, 0.717) is 23.1 Å². The number of carboxylic acids is 1. The predicted molar refractivity (Wildman–Crippen MR) is 89.7 cm³/mol. The molecule has 0 aliphatic rings. The number of thiazole rings is 1. The van der Waals surface area contributed by atoms with Crippen molar-refractivity contribution in [2.75, 3.05) is 34.4 Å². The number of carbonyl (C=O) groups is 1. The average molecular weight is 336 g/mol. The lowest BCUT2D eigenvalue weighted by atomic mass is 10.2. The van der Waals surface area contributed by atoms with Gasteiger partial charge < -0.3 is 19.5 Å². The topological polar surface area (TPSA) is 71.9 Å². The van der Waals surface area contributed by atoms with E-state index in [1.165, 1.54) is 16.7 Å². The van der Waals surface area contributed by atoms with Crippen molar-refractivity contribution in [1.29, 1.82) is 0 Å². The number of ether oxygens (including phenoxy) is 2. The monoisotopic (exact) mass is 336 g/mol. The summed E-state index contributed by atoms with van der Waals surface area (Å²) in [6.07, 6.45) is 0.878. The third kappa shape index (κ3) is 4.43. The Labute approximate surface area is 139 Å². The molecule has 0 amide bonds. The molecule has 0 saturated carbocycles.